The van der Waals surface area contributed by atoms with E-state index in [0.29, 0.717) is 12.5 Å². The zero-order valence-corrected chi connectivity index (χ0v) is 10.9. The Balaban J connectivity index is 2.03. The first-order chi connectivity index (χ1) is 9.11. The number of halogens is 1. The van der Waals surface area contributed by atoms with Crippen molar-refractivity contribution in [2.75, 3.05) is 19.5 Å². The molecule has 0 aromatic heterocycles. The highest BCUT2D eigenvalue weighted by Gasteiger charge is 2.18. The van der Waals surface area contributed by atoms with Gasteiger partial charge in [-0.15, -0.1) is 0 Å². The van der Waals surface area contributed by atoms with Crippen LogP contribution < -0.4 is 10.5 Å². The van der Waals surface area contributed by atoms with Gasteiger partial charge in [-0.2, -0.15) is 0 Å². The first-order valence-electron chi connectivity index (χ1n) is 6.42. The monoisotopic (exact) mass is 267 g/mol. The smallest absolute Gasteiger partial charge is 0.340 e. The highest BCUT2D eigenvalue weighted by molar-refractivity contribution is 5.95. The predicted molar refractivity (Wildman–Crippen MR) is 69.6 cm³/mol. The quantitative estimate of drug-likeness (QED) is 0.658. The Hall–Kier alpha value is -1.78. The number of methoxy groups -OCH3 is 1. The van der Waals surface area contributed by atoms with Crippen LogP contribution in [0.5, 0.6) is 5.75 Å². The lowest BCUT2D eigenvalue weighted by Crippen LogP contribution is -2.15. The van der Waals surface area contributed by atoms with Crippen LogP contribution in [0.3, 0.4) is 0 Å². The molecule has 0 amide bonds. The van der Waals surface area contributed by atoms with Crippen LogP contribution in [0.15, 0.2) is 12.1 Å². The second kappa shape index (κ2) is 5.91. The highest BCUT2D eigenvalue weighted by atomic mass is 19.1. The average molecular weight is 267 g/mol. The number of anilines is 1. The van der Waals surface area contributed by atoms with E-state index in [2.05, 4.69) is 4.74 Å². The van der Waals surface area contributed by atoms with E-state index >= 15 is 0 Å². The molecule has 1 saturated carbocycles. The number of rotatable bonds is 5. The number of hydrogen-bond donors (Lipinski definition) is 1. The molecule has 2 rings (SSSR count). The molecule has 0 heterocycles. The van der Waals surface area contributed by atoms with Crippen LogP contribution in [-0.4, -0.2) is 19.7 Å². The number of hydrogen-bond acceptors (Lipinski definition) is 4. The summed E-state index contributed by atoms with van der Waals surface area (Å²) in [5.74, 6) is -0.411. The van der Waals surface area contributed by atoms with E-state index in [-0.39, 0.29) is 17.0 Å². The molecular formula is C14H18FNO3. The van der Waals surface area contributed by atoms with Gasteiger partial charge < -0.3 is 15.2 Å². The van der Waals surface area contributed by atoms with Crippen LogP contribution in [-0.2, 0) is 4.74 Å². The fourth-order valence-electron chi connectivity index (χ4n) is 2.08. The Bertz CT molecular complexity index is 472. The number of ether oxygens (including phenoxy) is 2. The third kappa shape index (κ3) is 3.16. The standard InChI is InChI=1S/C14H18FNO3/c1-18-14(17)10-7-13(11(15)8-12(10)16)19-6-5-9-3-2-4-9/h7-9H,2-6,16H2,1H3. The summed E-state index contributed by atoms with van der Waals surface area (Å²) in [6.07, 6.45) is 4.63. The molecule has 1 aromatic carbocycles. The van der Waals surface area contributed by atoms with Gasteiger partial charge in [0.25, 0.3) is 0 Å². The van der Waals surface area contributed by atoms with Crippen molar-refractivity contribution in [1.29, 1.82) is 0 Å². The lowest BCUT2D eigenvalue weighted by atomic mass is 9.83. The van der Waals surface area contributed by atoms with Crippen molar-refractivity contribution in [3.63, 3.8) is 0 Å². The molecule has 0 spiro atoms. The molecule has 5 heteroatoms. The van der Waals surface area contributed by atoms with Gasteiger partial charge in [0.1, 0.15) is 0 Å². The summed E-state index contributed by atoms with van der Waals surface area (Å²) >= 11 is 0. The highest BCUT2D eigenvalue weighted by Crippen LogP contribution is 2.30. The van der Waals surface area contributed by atoms with Gasteiger partial charge in [-0.1, -0.05) is 19.3 Å². The predicted octanol–water partition coefficient (Wildman–Crippen LogP) is 2.76. The van der Waals surface area contributed by atoms with Gasteiger partial charge in [-0.25, -0.2) is 9.18 Å². The molecule has 1 aromatic rings. The molecule has 1 aliphatic rings. The molecule has 104 valence electrons. The second-order valence-corrected chi connectivity index (χ2v) is 4.80. The van der Waals surface area contributed by atoms with E-state index < -0.39 is 11.8 Å². The largest absolute Gasteiger partial charge is 0.490 e. The van der Waals surface area contributed by atoms with Crippen molar-refractivity contribution in [3.8, 4) is 5.75 Å². The minimum Gasteiger partial charge on any atom is -0.490 e. The summed E-state index contributed by atoms with van der Waals surface area (Å²) in [5, 5.41) is 0. The van der Waals surface area contributed by atoms with Crippen LogP contribution in [0, 0.1) is 11.7 Å². The van der Waals surface area contributed by atoms with E-state index in [1.807, 2.05) is 0 Å². The molecule has 4 nitrogen and oxygen atoms in total. The molecule has 1 fully saturated rings. The van der Waals surface area contributed by atoms with Gasteiger partial charge >= 0.3 is 5.97 Å². The fourth-order valence-corrected chi connectivity index (χ4v) is 2.08. The van der Waals surface area contributed by atoms with Gasteiger partial charge in [0.15, 0.2) is 11.6 Å². The van der Waals surface area contributed by atoms with Crippen LogP contribution >= 0.6 is 0 Å². The summed E-state index contributed by atoms with van der Waals surface area (Å²) in [6, 6.07) is 2.39. The summed E-state index contributed by atoms with van der Waals surface area (Å²) in [5.41, 5.74) is 5.76. The van der Waals surface area contributed by atoms with Crippen molar-refractivity contribution in [1.82, 2.24) is 0 Å². The van der Waals surface area contributed by atoms with Crippen LogP contribution in [0.2, 0.25) is 0 Å². The number of carbonyl (C=O) groups excluding carboxylic acids is 1. The fraction of sp³-hybridized carbons (Fsp3) is 0.500. The first-order valence-corrected chi connectivity index (χ1v) is 6.42. The lowest BCUT2D eigenvalue weighted by Gasteiger charge is -2.25. The van der Waals surface area contributed by atoms with Gasteiger partial charge in [-0.3, -0.25) is 0 Å². The Labute approximate surface area is 111 Å². The zero-order valence-electron chi connectivity index (χ0n) is 10.9. The molecule has 19 heavy (non-hydrogen) atoms. The Morgan fingerprint density at radius 1 is 1.47 bits per heavy atom. The van der Waals surface area contributed by atoms with Crippen LogP contribution in [0.25, 0.3) is 0 Å². The zero-order chi connectivity index (χ0) is 13.8. The van der Waals surface area contributed by atoms with Crippen molar-refractivity contribution in [3.05, 3.63) is 23.5 Å². The average Bonchev–Trinajstić information content (AvgIpc) is 2.33. The third-order valence-corrected chi connectivity index (χ3v) is 3.52. The van der Waals surface area contributed by atoms with Gasteiger partial charge in [-0.05, 0) is 18.4 Å². The molecular weight excluding hydrogens is 249 g/mol. The summed E-state index contributed by atoms with van der Waals surface area (Å²) < 4.78 is 23.6. The van der Waals surface area contributed by atoms with E-state index in [4.69, 9.17) is 10.5 Å². The van der Waals surface area contributed by atoms with Gasteiger partial charge in [0.05, 0.1) is 19.3 Å². The van der Waals surface area contributed by atoms with E-state index in [0.717, 1.165) is 12.5 Å². The molecule has 0 bridgehead atoms. The molecule has 0 aliphatic heterocycles. The number of carbonyl (C=O) groups is 1. The molecule has 1 aliphatic carbocycles. The summed E-state index contributed by atoms with van der Waals surface area (Å²) in [7, 11) is 1.25. The molecule has 0 unspecified atom stereocenters. The maximum atomic E-state index is 13.7. The maximum absolute atomic E-state index is 13.7. The summed E-state index contributed by atoms with van der Waals surface area (Å²) in [4.78, 5) is 11.5. The molecule has 2 N–H and O–H groups in total. The molecule has 0 saturated heterocycles. The van der Waals surface area contributed by atoms with Gasteiger partial charge in [0.2, 0.25) is 0 Å². The first kappa shape index (κ1) is 13.6. The van der Waals surface area contributed by atoms with Crippen molar-refractivity contribution in [2.24, 2.45) is 5.92 Å². The van der Waals surface area contributed by atoms with E-state index in [1.165, 1.54) is 32.4 Å². The number of benzene rings is 1. The van der Waals surface area contributed by atoms with E-state index in [1.54, 1.807) is 0 Å². The topological polar surface area (TPSA) is 61.5 Å². The Morgan fingerprint density at radius 2 is 2.21 bits per heavy atom. The molecule has 0 radical (unpaired) electrons. The number of esters is 1. The minimum atomic E-state index is -0.596. The lowest BCUT2D eigenvalue weighted by molar-refractivity contribution is 0.0601. The SMILES string of the molecule is COC(=O)c1cc(OCCC2CCC2)c(F)cc1N. The van der Waals surface area contributed by atoms with E-state index in [9.17, 15) is 9.18 Å². The maximum Gasteiger partial charge on any atom is 0.340 e. The second-order valence-electron chi connectivity index (χ2n) is 4.80. The van der Waals surface area contributed by atoms with Gasteiger partial charge in [0, 0.05) is 11.8 Å². The third-order valence-electron chi connectivity index (χ3n) is 3.52. The number of nitrogens with two attached hydrogens (primary N) is 1. The van der Waals surface area contributed by atoms with Crippen LogP contribution in [0.1, 0.15) is 36.0 Å². The minimum absolute atomic E-state index is 0.0499. The van der Waals surface area contributed by atoms with Crippen molar-refractivity contribution >= 4 is 11.7 Å². The van der Waals surface area contributed by atoms with Crippen molar-refractivity contribution in [2.45, 2.75) is 25.7 Å². The van der Waals surface area contributed by atoms with Crippen LogP contribution in [0.4, 0.5) is 10.1 Å². The Kier molecular flexibility index (Phi) is 4.24. The number of nitrogen functional groups attached to an aromatic ring is 1. The summed E-state index contributed by atoms with van der Waals surface area (Å²) in [6.45, 7) is 0.451. The molecule has 0 atom stereocenters. The Morgan fingerprint density at radius 3 is 2.79 bits per heavy atom. The normalized spacial score (nSPS) is 14.8. The van der Waals surface area contributed by atoms with Crippen molar-refractivity contribution < 1.29 is 18.7 Å².